The van der Waals surface area contributed by atoms with Crippen molar-refractivity contribution in [2.45, 2.75) is 9.79 Å². The van der Waals surface area contributed by atoms with Crippen molar-refractivity contribution in [2.75, 3.05) is 5.73 Å². The summed E-state index contributed by atoms with van der Waals surface area (Å²) in [5.74, 6) is 0. The minimum absolute atomic E-state index is 0. The fraction of sp³-hybridized carbons (Fsp3) is 0. The van der Waals surface area contributed by atoms with Gasteiger partial charge in [0.2, 0.25) is 0 Å². The predicted octanol–water partition coefficient (Wildman–Crippen LogP) is 0.535. The topological polar surface area (TPSA) is 135 Å². The molecule has 0 aliphatic rings. The van der Waals surface area contributed by atoms with Crippen LogP contribution in [0, 0.1) is 0 Å². The second-order valence-electron chi connectivity index (χ2n) is 3.81. The van der Waals surface area contributed by atoms with E-state index in [9.17, 15) is 16.8 Å². The van der Waals surface area contributed by atoms with Crippen molar-refractivity contribution < 1.29 is 25.9 Å². The Kier molecular flexibility index (Phi) is 4.87. The second kappa shape index (κ2) is 5.60. The van der Waals surface area contributed by atoms with Crippen molar-refractivity contribution in [3.63, 3.8) is 0 Å². The first-order chi connectivity index (χ1) is 8.60. The van der Waals surface area contributed by atoms with Crippen molar-refractivity contribution in [1.29, 1.82) is 0 Å². The fourth-order valence-corrected chi connectivity index (χ4v) is 2.82. The van der Waals surface area contributed by atoms with Gasteiger partial charge in [0.15, 0.2) is 0 Å². The summed E-state index contributed by atoms with van der Waals surface area (Å²) in [5, 5.41) is 0.572. The normalized spacial score (nSPS) is 12.1. The smallest absolute Gasteiger partial charge is 0.296 e. The Hall–Kier alpha value is -0.680. The van der Waals surface area contributed by atoms with Crippen LogP contribution in [0.1, 0.15) is 0 Å². The van der Waals surface area contributed by atoms with Gasteiger partial charge in [-0.05, 0) is 23.6 Å². The molecule has 7 nitrogen and oxygen atoms in total. The molecule has 0 spiro atoms. The zero-order valence-corrected chi connectivity index (χ0v) is 13.9. The quantitative estimate of drug-likeness (QED) is 0.416. The molecule has 103 valence electrons. The Morgan fingerprint density at radius 1 is 0.900 bits per heavy atom. The molecule has 4 N–H and O–H groups in total. The zero-order chi connectivity index (χ0) is 14.4. The van der Waals surface area contributed by atoms with Gasteiger partial charge < -0.3 is 5.73 Å². The Morgan fingerprint density at radius 3 is 1.95 bits per heavy atom. The van der Waals surface area contributed by atoms with Crippen LogP contribution in [0.25, 0.3) is 10.8 Å². The van der Waals surface area contributed by atoms with E-state index in [1.807, 2.05) is 0 Å². The molecule has 2 aromatic rings. The standard InChI is InChI=1S/C10H9NO6S2.Na/c11-10-8-5-7(18(12,13)14)3-1-6(8)2-4-9(10)19(15,16)17;/h1-5H,11H2,(H,12,13,14)(H,15,16,17);. The predicted molar refractivity (Wildman–Crippen MR) is 73.7 cm³/mol. The third-order valence-electron chi connectivity index (χ3n) is 2.57. The number of fused-ring (bicyclic) bond motifs is 1. The van der Waals surface area contributed by atoms with Crippen LogP contribution in [0.15, 0.2) is 40.1 Å². The van der Waals surface area contributed by atoms with Crippen molar-refractivity contribution in [1.82, 2.24) is 0 Å². The van der Waals surface area contributed by atoms with E-state index in [0.717, 1.165) is 18.2 Å². The third kappa shape index (κ3) is 3.31. The summed E-state index contributed by atoms with van der Waals surface area (Å²) in [7, 11) is -8.94. The van der Waals surface area contributed by atoms with Crippen molar-refractivity contribution in [3.8, 4) is 0 Å². The molecule has 2 rings (SSSR count). The van der Waals surface area contributed by atoms with Crippen molar-refractivity contribution >= 4 is 66.3 Å². The van der Waals surface area contributed by atoms with Crippen molar-refractivity contribution in [2.24, 2.45) is 0 Å². The molecule has 1 radical (unpaired) electrons. The summed E-state index contributed by atoms with van der Waals surface area (Å²) in [5.41, 5.74) is 5.32. The summed E-state index contributed by atoms with van der Waals surface area (Å²) in [6.45, 7) is 0. The fourth-order valence-electron chi connectivity index (χ4n) is 1.69. The molecule has 0 saturated heterocycles. The minimum Gasteiger partial charge on any atom is -0.397 e. The second-order valence-corrected chi connectivity index (χ2v) is 6.62. The Balaban J connectivity index is 0.00000200. The molecule has 0 aromatic heterocycles. The van der Waals surface area contributed by atoms with E-state index in [4.69, 9.17) is 14.8 Å². The SMILES string of the molecule is Nc1c(S(=O)(=O)O)ccc2ccc(S(=O)(=O)O)cc12.[Na]. The van der Waals surface area contributed by atoms with E-state index in [1.54, 1.807) is 0 Å². The van der Waals surface area contributed by atoms with E-state index in [1.165, 1.54) is 12.1 Å². The molecule has 0 bridgehead atoms. The van der Waals surface area contributed by atoms with Crippen LogP contribution in [0.4, 0.5) is 5.69 Å². The molecule has 0 saturated carbocycles. The summed E-state index contributed by atoms with van der Waals surface area (Å²) in [4.78, 5) is -0.938. The molecule has 0 aliphatic heterocycles. The van der Waals surface area contributed by atoms with Gasteiger partial charge in [0.1, 0.15) is 4.90 Å². The average Bonchev–Trinajstić information content (AvgIpc) is 2.26. The van der Waals surface area contributed by atoms with Gasteiger partial charge in [0.05, 0.1) is 10.6 Å². The van der Waals surface area contributed by atoms with Gasteiger partial charge in [-0.1, -0.05) is 12.1 Å². The number of nitrogens with two attached hydrogens (primary N) is 1. The number of benzene rings is 2. The van der Waals surface area contributed by atoms with Crippen LogP contribution in [-0.2, 0) is 20.2 Å². The van der Waals surface area contributed by atoms with Gasteiger partial charge >= 0.3 is 0 Å². The monoisotopic (exact) mass is 326 g/mol. The molecular weight excluding hydrogens is 317 g/mol. The number of hydrogen-bond acceptors (Lipinski definition) is 5. The van der Waals surface area contributed by atoms with Crippen LogP contribution >= 0.6 is 0 Å². The number of rotatable bonds is 2. The molecule has 0 unspecified atom stereocenters. The maximum absolute atomic E-state index is 11.1. The number of nitrogen functional groups attached to an aromatic ring is 1. The third-order valence-corrected chi connectivity index (χ3v) is 4.33. The molecule has 0 amide bonds. The minimum atomic E-state index is -4.51. The van der Waals surface area contributed by atoms with Crippen LogP contribution in [0.5, 0.6) is 0 Å². The van der Waals surface area contributed by atoms with Crippen LogP contribution < -0.4 is 5.73 Å². The van der Waals surface area contributed by atoms with E-state index in [0.29, 0.717) is 5.39 Å². The van der Waals surface area contributed by atoms with Gasteiger partial charge in [-0.15, -0.1) is 0 Å². The first kappa shape index (κ1) is 17.4. The van der Waals surface area contributed by atoms with Gasteiger partial charge in [0.25, 0.3) is 20.2 Å². The van der Waals surface area contributed by atoms with Crippen LogP contribution in [-0.4, -0.2) is 55.5 Å². The number of hydrogen-bond donors (Lipinski definition) is 3. The van der Waals surface area contributed by atoms with Crippen LogP contribution in [0.2, 0.25) is 0 Å². The van der Waals surface area contributed by atoms with Crippen molar-refractivity contribution in [3.05, 3.63) is 30.3 Å². The van der Waals surface area contributed by atoms with E-state index >= 15 is 0 Å². The summed E-state index contributed by atoms with van der Waals surface area (Å²) < 4.78 is 62.1. The van der Waals surface area contributed by atoms with Gasteiger partial charge in [0, 0.05) is 34.9 Å². The van der Waals surface area contributed by atoms with Gasteiger partial charge in [-0.3, -0.25) is 9.11 Å². The van der Waals surface area contributed by atoms with E-state index in [-0.39, 0.29) is 40.6 Å². The molecule has 2 aromatic carbocycles. The summed E-state index contributed by atoms with van der Waals surface area (Å²) in [6.07, 6.45) is 0. The Morgan fingerprint density at radius 2 is 1.45 bits per heavy atom. The van der Waals surface area contributed by atoms with E-state index in [2.05, 4.69) is 0 Å². The first-order valence-electron chi connectivity index (χ1n) is 4.88. The first-order valence-corrected chi connectivity index (χ1v) is 7.76. The molecule has 10 heteroatoms. The Bertz CT molecular complexity index is 871. The average molecular weight is 326 g/mol. The molecular formula is C10H9NNaO6S2. The van der Waals surface area contributed by atoms with Gasteiger partial charge in [-0.2, -0.15) is 16.8 Å². The Labute approximate surface area is 137 Å². The molecule has 20 heavy (non-hydrogen) atoms. The molecule has 0 atom stereocenters. The van der Waals surface area contributed by atoms with Crippen LogP contribution in [0.3, 0.4) is 0 Å². The summed E-state index contributed by atoms with van der Waals surface area (Å²) in [6, 6.07) is 6.03. The molecule has 0 heterocycles. The molecule has 0 fully saturated rings. The van der Waals surface area contributed by atoms with E-state index < -0.39 is 30.0 Å². The zero-order valence-electron chi connectivity index (χ0n) is 10.3. The number of anilines is 1. The maximum atomic E-state index is 11.1. The molecule has 0 aliphatic carbocycles. The largest absolute Gasteiger partial charge is 0.397 e. The van der Waals surface area contributed by atoms with Gasteiger partial charge in [-0.25, -0.2) is 0 Å². The maximum Gasteiger partial charge on any atom is 0.296 e. The summed E-state index contributed by atoms with van der Waals surface area (Å²) >= 11 is 0.